The molecule has 1 unspecified atom stereocenters. The molecule has 0 saturated heterocycles. The van der Waals surface area contributed by atoms with Crippen molar-refractivity contribution in [2.24, 2.45) is 11.7 Å². The lowest BCUT2D eigenvalue weighted by Crippen LogP contribution is -2.11. The van der Waals surface area contributed by atoms with Crippen molar-refractivity contribution in [2.75, 3.05) is 0 Å². The molecule has 1 aromatic carbocycles. The highest BCUT2D eigenvalue weighted by molar-refractivity contribution is 5.35. The molecule has 2 N–H and O–H groups in total. The number of hydrogen-bond acceptors (Lipinski definition) is 3. The Kier molecular flexibility index (Phi) is 3.47. The van der Waals surface area contributed by atoms with Gasteiger partial charge in [-0.05, 0) is 42.0 Å². The number of rotatable bonds is 5. The van der Waals surface area contributed by atoms with Gasteiger partial charge in [0, 0.05) is 31.0 Å². The number of benzene rings is 1. The monoisotopic (exact) mass is 289 g/mol. The van der Waals surface area contributed by atoms with E-state index in [2.05, 4.69) is 0 Å². The van der Waals surface area contributed by atoms with Gasteiger partial charge in [0.1, 0.15) is 5.82 Å². The average Bonchev–Trinajstić information content (AvgIpc) is 3.18. The van der Waals surface area contributed by atoms with Gasteiger partial charge in [0.2, 0.25) is 0 Å². The number of hydrogen-bond donors (Lipinski definition) is 1. The van der Waals surface area contributed by atoms with E-state index < -0.39 is 10.7 Å². The zero-order chi connectivity index (χ0) is 15.0. The Morgan fingerprint density at radius 1 is 1.43 bits per heavy atom. The van der Waals surface area contributed by atoms with Gasteiger partial charge in [0.05, 0.1) is 11.0 Å². The Balaban J connectivity index is 1.78. The number of non-ortho nitro benzene ring substituents is 1. The Morgan fingerprint density at radius 2 is 2.19 bits per heavy atom. The van der Waals surface area contributed by atoms with Crippen LogP contribution in [0.5, 0.6) is 0 Å². The van der Waals surface area contributed by atoms with E-state index in [0.29, 0.717) is 18.0 Å². The minimum atomic E-state index is -0.596. The molecule has 0 amide bonds. The molecule has 0 radical (unpaired) electrons. The highest BCUT2D eigenvalue weighted by Crippen LogP contribution is 2.39. The first-order chi connectivity index (χ1) is 10.0. The van der Waals surface area contributed by atoms with Crippen LogP contribution in [0.15, 0.2) is 36.7 Å². The van der Waals surface area contributed by atoms with Crippen LogP contribution in [0.25, 0.3) is 0 Å². The van der Waals surface area contributed by atoms with Crippen LogP contribution in [-0.4, -0.2) is 9.49 Å². The van der Waals surface area contributed by atoms with Gasteiger partial charge < -0.3 is 10.3 Å². The molecule has 1 atom stereocenters. The summed E-state index contributed by atoms with van der Waals surface area (Å²) in [4.78, 5) is 10.2. The van der Waals surface area contributed by atoms with Gasteiger partial charge in [-0.2, -0.15) is 0 Å². The fourth-order valence-corrected chi connectivity index (χ4v) is 2.52. The molecule has 1 fully saturated rings. The van der Waals surface area contributed by atoms with Crippen molar-refractivity contribution in [1.29, 1.82) is 0 Å². The van der Waals surface area contributed by atoms with Crippen molar-refractivity contribution in [3.8, 4) is 0 Å². The number of nitrogens with two attached hydrogens (primary N) is 1. The maximum Gasteiger partial charge on any atom is 0.272 e. The van der Waals surface area contributed by atoms with Crippen molar-refractivity contribution in [1.82, 2.24) is 4.57 Å². The molecule has 1 heterocycles. The standard InChI is InChI=1S/C15H16FN3O2/c16-13-5-10(6-14(7-13)19(20)21)8-18-4-3-12(9-18)15(17)11-1-2-11/h3-7,9,11,15H,1-2,8,17H2. The molecular formula is C15H16FN3O2. The highest BCUT2D eigenvalue weighted by Gasteiger charge is 2.29. The van der Waals surface area contributed by atoms with Crippen molar-refractivity contribution >= 4 is 5.69 Å². The first kappa shape index (κ1) is 13.8. The highest BCUT2D eigenvalue weighted by atomic mass is 19.1. The van der Waals surface area contributed by atoms with Crippen molar-refractivity contribution in [3.05, 3.63) is 63.7 Å². The summed E-state index contributed by atoms with van der Waals surface area (Å²) < 4.78 is 15.3. The summed E-state index contributed by atoms with van der Waals surface area (Å²) in [6.07, 6.45) is 6.14. The summed E-state index contributed by atoms with van der Waals surface area (Å²) in [5.74, 6) is -0.0302. The number of nitro benzene ring substituents is 1. The summed E-state index contributed by atoms with van der Waals surface area (Å²) in [6, 6.07) is 5.63. The third kappa shape index (κ3) is 3.11. The van der Waals surface area contributed by atoms with Gasteiger partial charge in [-0.15, -0.1) is 0 Å². The Bertz CT molecular complexity index is 679. The summed E-state index contributed by atoms with van der Waals surface area (Å²) in [5.41, 5.74) is 7.52. The van der Waals surface area contributed by atoms with Crippen LogP contribution in [0, 0.1) is 21.8 Å². The van der Waals surface area contributed by atoms with Crippen LogP contribution in [0.1, 0.15) is 30.0 Å². The molecule has 0 spiro atoms. The van der Waals surface area contributed by atoms with Gasteiger partial charge >= 0.3 is 0 Å². The van der Waals surface area contributed by atoms with E-state index in [9.17, 15) is 14.5 Å². The van der Waals surface area contributed by atoms with E-state index in [1.165, 1.54) is 25.0 Å². The van der Waals surface area contributed by atoms with Crippen LogP contribution < -0.4 is 5.73 Å². The predicted octanol–water partition coefficient (Wildman–Crippen LogP) is 2.99. The van der Waals surface area contributed by atoms with E-state index in [0.717, 1.165) is 11.6 Å². The third-order valence-corrected chi connectivity index (χ3v) is 3.81. The number of nitro groups is 1. The lowest BCUT2D eigenvalue weighted by Gasteiger charge is -2.07. The number of aromatic nitrogens is 1. The first-order valence-electron chi connectivity index (χ1n) is 6.88. The van der Waals surface area contributed by atoms with E-state index >= 15 is 0 Å². The second kappa shape index (κ2) is 5.29. The van der Waals surface area contributed by atoms with Gasteiger partial charge in [0.25, 0.3) is 5.69 Å². The van der Waals surface area contributed by atoms with Crippen molar-refractivity contribution in [2.45, 2.75) is 25.4 Å². The molecule has 21 heavy (non-hydrogen) atoms. The largest absolute Gasteiger partial charge is 0.350 e. The molecule has 5 nitrogen and oxygen atoms in total. The molecular weight excluding hydrogens is 273 g/mol. The van der Waals surface area contributed by atoms with E-state index in [-0.39, 0.29) is 11.7 Å². The molecule has 2 aromatic rings. The molecule has 1 aliphatic rings. The van der Waals surface area contributed by atoms with Crippen LogP contribution in [0.4, 0.5) is 10.1 Å². The second-order valence-corrected chi connectivity index (χ2v) is 5.56. The summed E-state index contributed by atoms with van der Waals surface area (Å²) in [5, 5.41) is 10.7. The maximum absolute atomic E-state index is 13.4. The quantitative estimate of drug-likeness (QED) is 0.679. The number of nitrogens with zero attached hydrogens (tertiary/aromatic N) is 2. The number of halogens is 1. The Labute approximate surface area is 121 Å². The van der Waals surface area contributed by atoms with Gasteiger partial charge in [0.15, 0.2) is 0 Å². The second-order valence-electron chi connectivity index (χ2n) is 5.56. The summed E-state index contributed by atoms with van der Waals surface area (Å²) in [6.45, 7) is 0.385. The predicted molar refractivity (Wildman–Crippen MR) is 76.2 cm³/mol. The SMILES string of the molecule is NC(c1ccn(Cc2cc(F)cc([N+](=O)[O-])c2)c1)C1CC1. The van der Waals surface area contributed by atoms with Crippen LogP contribution in [0.2, 0.25) is 0 Å². The topological polar surface area (TPSA) is 74.1 Å². The van der Waals surface area contributed by atoms with Gasteiger partial charge in [-0.25, -0.2) is 4.39 Å². The van der Waals surface area contributed by atoms with E-state index in [4.69, 9.17) is 5.73 Å². The average molecular weight is 289 g/mol. The van der Waals surface area contributed by atoms with Crippen molar-refractivity contribution in [3.63, 3.8) is 0 Å². The molecule has 3 rings (SSSR count). The maximum atomic E-state index is 13.4. The normalized spacial score (nSPS) is 15.9. The summed E-state index contributed by atoms with van der Waals surface area (Å²) >= 11 is 0. The summed E-state index contributed by atoms with van der Waals surface area (Å²) in [7, 11) is 0. The zero-order valence-corrected chi connectivity index (χ0v) is 11.4. The Hall–Kier alpha value is -2.21. The minimum absolute atomic E-state index is 0.0492. The first-order valence-corrected chi connectivity index (χ1v) is 6.88. The fourth-order valence-electron chi connectivity index (χ4n) is 2.52. The van der Waals surface area contributed by atoms with E-state index in [1.807, 2.05) is 23.0 Å². The minimum Gasteiger partial charge on any atom is -0.350 e. The van der Waals surface area contributed by atoms with E-state index in [1.54, 1.807) is 0 Å². The lowest BCUT2D eigenvalue weighted by atomic mass is 10.1. The zero-order valence-electron chi connectivity index (χ0n) is 11.4. The lowest BCUT2D eigenvalue weighted by molar-refractivity contribution is -0.385. The van der Waals surface area contributed by atoms with Gasteiger partial charge in [-0.3, -0.25) is 10.1 Å². The van der Waals surface area contributed by atoms with Gasteiger partial charge in [-0.1, -0.05) is 0 Å². The van der Waals surface area contributed by atoms with Crippen LogP contribution in [-0.2, 0) is 6.54 Å². The molecule has 1 aromatic heterocycles. The molecule has 6 heteroatoms. The third-order valence-electron chi connectivity index (χ3n) is 3.81. The Morgan fingerprint density at radius 3 is 2.86 bits per heavy atom. The fraction of sp³-hybridized carbons (Fsp3) is 0.333. The molecule has 110 valence electrons. The van der Waals surface area contributed by atoms with Crippen molar-refractivity contribution < 1.29 is 9.31 Å². The molecule has 1 aliphatic carbocycles. The van der Waals surface area contributed by atoms with Crippen LogP contribution >= 0.6 is 0 Å². The molecule has 0 aliphatic heterocycles. The van der Waals surface area contributed by atoms with Crippen LogP contribution in [0.3, 0.4) is 0 Å². The smallest absolute Gasteiger partial charge is 0.272 e. The molecule has 0 bridgehead atoms. The molecule has 1 saturated carbocycles.